The summed E-state index contributed by atoms with van der Waals surface area (Å²) in [5.41, 5.74) is 3.16. The van der Waals surface area contributed by atoms with E-state index in [1.165, 1.54) is 10.7 Å². The van der Waals surface area contributed by atoms with Gasteiger partial charge < -0.3 is 0 Å². The molecule has 0 aliphatic heterocycles. The van der Waals surface area contributed by atoms with Gasteiger partial charge in [0.25, 0.3) is 5.56 Å². The van der Waals surface area contributed by atoms with Crippen LogP contribution in [0.25, 0.3) is 11.3 Å². The number of pyridine rings is 1. The van der Waals surface area contributed by atoms with E-state index in [0.717, 1.165) is 17.0 Å². The molecular formula is C14H14N6O. The van der Waals surface area contributed by atoms with E-state index in [0.29, 0.717) is 12.2 Å². The first kappa shape index (κ1) is 13.2. The molecule has 7 nitrogen and oxygen atoms in total. The van der Waals surface area contributed by atoms with Gasteiger partial charge in [-0.3, -0.25) is 9.78 Å². The molecule has 0 spiro atoms. The number of aromatic nitrogens is 6. The van der Waals surface area contributed by atoms with Crippen LogP contribution in [0.5, 0.6) is 0 Å². The molecule has 7 heteroatoms. The molecule has 0 radical (unpaired) electrons. The average Bonchev–Trinajstić information content (AvgIpc) is 2.84. The van der Waals surface area contributed by atoms with Gasteiger partial charge in [0, 0.05) is 36.8 Å². The maximum Gasteiger partial charge on any atom is 0.267 e. The summed E-state index contributed by atoms with van der Waals surface area (Å²) in [6.07, 6.45) is 3.34. The zero-order chi connectivity index (χ0) is 14.8. The minimum absolute atomic E-state index is 0.160. The first-order valence-corrected chi connectivity index (χ1v) is 6.49. The average molecular weight is 282 g/mol. The second kappa shape index (κ2) is 5.28. The Kier molecular flexibility index (Phi) is 3.31. The monoisotopic (exact) mass is 282 g/mol. The molecule has 0 saturated carbocycles. The highest BCUT2D eigenvalue weighted by Crippen LogP contribution is 2.20. The molecule has 0 aromatic carbocycles. The van der Waals surface area contributed by atoms with Crippen molar-refractivity contribution in [1.82, 2.24) is 29.8 Å². The van der Waals surface area contributed by atoms with Gasteiger partial charge in [-0.15, -0.1) is 5.10 Å². The second-order valence-corrected chi connectivity index (χ2v) is 4.72. The van der Waals surface area contributed by atoms with Crippen LogP contribution in [0.1, 0.15) is 11.4 Å². The quantitative estimate of drug-likeness (QED) is 0.709. The van der Waals surface area contributed by atoms with Crippen molar-refractivity contribution in [2.24, 2.45) is 7.05 Å². The Hall–Kier alpha value is -2.83. The fraction of sp³-hybridized carbons (Fsp3) is 0.214. The molecule has 0 amide bonds. The van der Waals surface area contributed by atoms with Gasteiger partial charge in [0.15, 0.2) is 0 Å². The van der Waals surface area contributed by atoms with Crippen molar-refractivity contribution in [3.8, 4) is 11.3 Å². The van der Waals surface area contributed by atoms with Crippen molar-refractivity contribution in [3.63, 3.8) is 0 Å². The zero-order valence-corrected chi connectivity index (χ0v) is 11.8. The standard InChI is InChI=1S/C14H14N6O/c1-10-5-6-11(8-15-10)14-12(19(2)18-17-14)9-20-13(21)4-3-7-16-20/h3-8H,9H2,1-2H3. The van der Waals surface area contributed by atoms with Crippen LogP contribution < -0.4 is 5.56 Å². The molecule has 3 aromatic heterocycles. The van der Waals surface area contributed by atoms with Crippen LogP contribution >= 0.6 is 0 Å². The maximum atomic E-state index is 11.8. The van der Waals surface area contributed by atoms with Gasteiger partial charge in [-0.1, -0.05) is 5.21 Å². The van der Waals surface area contributed by atoms with Crippen molar-refractivity contribution >= 4 is 0 Å². The summed E-state index contributed by atoms with van der Waals surface area (Å²) in [5.74, 6) is 0. The molecule has 0 unspecified atom stereocenters. The van der Waals surface area contributed by atoms with Crippen LogP contribution in [-0.2, 0) is 13.6 Å². The third-order valence-corrected chi connectivity index (χ3v) is 3.21. The van der Waals surface area contributed by atoms with Gasteiger partial charge >= 0.3 is 0 Å². The van der Waals surface area contributed by atoms with E-state index < -0.39 is 0 Å². The molecule has 3 heterocycles. The molecule has 0 bridgehead atoms. The van der Waals surface area contributed by atoms with Crippen molar-refractivity contribution in [2.75, 3.05) is 0 Å². The van der Waals surface area contributed by atoms with E-state index in [9.17, 15) is 4.79 Å². The van der Waals surface area contributed by atoms with E-state index in [1.807, 2.05) is 19.1 Å². The van der Waals surface area contributed by atoms with E-state index >= 15 is 0 Å². The van der Waals surface area contributed by atoms with E-state index in [-0.39, 0.29) is 5.56 Å². The van der Waals surface area contributed by atoms with Crippen LogP contribution in [0.15, 0.2) is 41.5 Å². The Bertz CT molecular complexity index is 818. The van der Waals surface area contributed by atoms with Crippen molar-refractivity contribution < 1.29 is 0 Å². The predicted octanol–water partition coefficient (Wildman–Crippen LogP) is 0.791. The summed E-state index contributed by atoms with van der Waals surface area (Å²) >= 11 is 0. The summed E-state index contributed by atoms with van der Waals surface area (Å²) in [6, 6.07) is 6.95. The Balaban J connectivity index is 2.03. The summed E-state index contributed by atoms with van der Waals surface area (Å²) < 4.78 is 3.03. The maximum absolute atomic E-state index is 11.8. The van der Waals surface area contributed by atoms with Crippen molar-refractivity contribution in [2.45, 2.75) is 13.5 Å². The molecular weight excluding hydrogens is 268 g/mol. The SMILES string of the molecule is Cc1ccc(-c2nnn(C)c2Cn2ncccc2=O)cn1. The number of aryl methyl sites for hydroxylation is 2. The van der Waals surface area contributed by atoms with E-state index in [1.54, 1.807) is 30.2 Å². The summed E-state index contributed by atoms with van der Waals surface area (Å²) in [5, 5.41) is 12.3. The molecule has 0 fully saturated rings. The van der Waals surface area contributed by atoms with Crippen molar-refractivity contribution in [3.05, 3.63) is 58.4 Å². The highest BCUT2D eigenvalue weighted by atomic mass is 16.1. The molecule has 0 atom stereocenters. The Labute approximate surface area is 120 Å². The van der Waals surface area contributed by atoms with Gasteiger partial charge in [-0.05, 0) is 25.1 Å². The van der Waals surface area contributed by atoms with Crippen LogP contribution in [0.3, 0.4) is 0 Å². The van der Waals surface area contributed by atoms with Gasteiger partial charge in [-0.25, -0.2) is 9.36 Å². The van der Waals surface area contributed by atoms with Gasteiger partial charge in [0.2, 0.25) is 0 Å². The number of hydrogen-bond donors (Lipinski definition) is 0. The Morgan fingerprint density at radius 1 is 1.24 bits per heavy atom. The number of rotatable bonds is 3. The summed E-state index contributed by atoms with van der Waals surface area (Å²) in [4.78, 5) is 16.1. The molecule has 0 aliphatic rings. The second-order valence-electron chi connectivity index (χ2n) is 4.72. The topological polar surface area (TPSA) is 78.5 Å². The fourth-order valence-electron chi connectivity index (χ4n) is 2.03. The molecule has 21 heavy (non-hydrogen) atoms. The molecule has 106 valence electrons. The number of nitrogens with zero attached hydrogens (tertiary/aromatic N) is 6. The largest absolute Gasteiger partial charge is 0.268 e. The van der Waals surface area contributed by atoms with Crippen LogP contribution in [0, 0.1) is 6.92 Å². The third kappa shape index (κ3) is 2.58. The molecule has 0 N–H and O–H groups in total. The summed E-state index contributed by atoms with van der Waals surface area (Å²) in [7, 11) is 1.79. The van der Waals surface area contributed by atoms with Crippen LogP contribution in [0.2, 0.25) is 0 Å². The number of hydrogen-bond acceptors (Lipinski definition) is 5. The third-order valence-electron chi connectivity index (χ3n) is 3.21. The zero-order valence-electron chi connectivity index (χ0n) is 11.8. The smallest absolute Gasteiger partial charge is 0.267 e. The lowest BCUT2D eigenvalue weighted by atomic mass is 10.1. The van der Waals surface area contributed by atoms with Gasteiger partial charge in [0.05, 0.1) is 12.2 Å². The molecule has 3 aromatic rings. The lowest BCUT2D eigenvalue weighted by molar-refractivity contribution is 0.587. The van der Waals surface area contributed by atoms with Crippen LogP contribution in [0.4, 0.5) is 0 Å². The first-order valence-electron chi connectivity index (χ1n) is 6.49. The minimum Gasteiger partial charge on any atom is -0.268 e. The predicted molar refractivity (Wildman–Crippen MR) is 76.6 cm³/mol. The van der Waals surface area contributed by atoms with Crippen LogP contribution in [-0.4, -0.2) is 29.8 Å². The lowest BCUT2D eigenvalue weighted by Gasteiger charge is -2.06. The van der Waals surface area contributed by atoms with Gasteiger partial charge in [-0.2, -0.15) is 5.10 Å². The Morgan fingerprint density at radius 3 is 2.81 bits per heavy atom. The van der Waals surface area contributed by atoms with E-state index in [2.05, 4.69) is 20.4 Å². The van der Waals surface area contributed by atoms with Gasteiger partial charge in [0.1, 0.15) is 5.69 Å². The lowest BCUT2D eigenvalue weighted by Crippen LogP contribution is -2.23. The molecule has 0 aliphatic carbocycles. The summed E-state index contributed by atoms with van der Waals surface area (Å²) in [6.45, 7) is 2.24. The Morgan fingerprint density at radius 2 is 2.10 bits per heavy atom. The highest BCUT2D eigenvalue weighted by molar-refractivity contribution is 5.60. The highest BCUT2D eigenvalue weighted by Gasteiger charge is 2.14. The fourth-order valence-corrected chi connectivity index (χ4v) is 2.03. The molecule has 0 saturated heterocycles. The van der Waals surface area contributed by atoms with E-state index in [4.69, 9.17) is 0 Å². The normalized spacial score (nSPS) is 10.8. The first-order chi connectivity index (χ1) is 10.1. The minimum atomic E-state index is -0.160. The molecule has 3 rings (SSSR count). The van der Waals surface area contributed by atoms with Crippen molar-refractivity contribution in [1.29, 1.82) is 0 Å².